The SMILES string of the molecule is CC(NC(=O)NCCc1c[nH]c2ccccc12)c1ccc2c(c1)OCO2. The van der Waals surface area contributed by atoms with Crippen LogP contribution in [0.25, 0.3) is 10.9 Å². The minimum absolute atomic E-state index is 0.127. The Bertz CT molecular complexity index is 935. The molecule has 0 radical (unpaired) electrons. The lowest BCUT2D eigenvalue weighted by Crippen LogP contribution is -2.38. The Kier molecular flexibility index (Phi) is 4.39. The molecule has 3 aromatic rings. The number of urea groups is 1. The fourth-order valence-electron chi connectivity index (χ4n) is 3.16. The minimum atomic E-state index is -0.185. The van der Waals surface area contributed by atoms with E-state index in [1.54, 1.807) is 0 Å². The first-order valence-corrected chi connectivity index (χ1v) is 8.69. The second-order valence-corrected chi connectivity index (χ2v) is 6.34. The van der Waals surface area contributed by atoms with Gasteiger partial charge < -0.3 is 25.1 Å². The zero-order valence-corrected chi connectivity index (χ0v) is 14.5. The number of amides is 2. The van der Waals surface area contributed by atoms with E-state index >= 15 is 0 Å². The monoisotopic (exact) mass is 351 g/mol. The lowest BCUT2D eigenvalue weighted by Gasteiger charge is -2.15. The molecule has 6 nitrogen and oxygen atoms in total. The maximum absolute atomic E-state index is 12.2. The van der Waals surface area contributed by atoms with E-state index in [2.05, 4.69) is 21.7 Å². The fourth-order valence-corrected chi connectivity index (χ4v) is 3.16. The van der Waals surface area contributed by atoms with E-state index in [1.807, 2.05) is 49.5 Å². The first kappa shape index (κ1) is 16.3. The van der Waals surface area contributed by atoms with Crippen molar-refractivity contribution >= 4 is 16.9 Å². The molecule has 1 unspecified atom stereocenters. The van der Waals surface area contributed by atoms with E-state index < -0.39 is 0 Å². The van der Waals surface area contributed by atoms with Gasteiger partial charge in [-0.1, -0.05) is 24.3 Å². The number of H-pyrrole nitrogens is 1. The Balaban J connectivity index is 1.30. The molecule has 26 heavy (non-hydrogen) atoms. The predicted molar refractivity (Wildman–Crippen MR) is 99.5 cm³/mol. The van der Waals surface area contributed by atoms with Crippen LogP contribution in [0.5, 0.6) is 11.5 Å². The molecule has 0 spiro atoms. The first-order chi connectivity index (χ1) is 12.7. The summed E-state index contributed by atoms with van der Waals surface area (Å²) in [6, 6.07) is 13.6. The molecule has 6 heteroatoms. The Morgan fingerprint density at radius 2 is 2.04 bits per heavy atom. The van der Waals surface area contributed by atoms with Crippen molar-refractivity contribution < 1.29 is 14.3 Å². The van der Waals surface area contributed by atoms with Gasteiger partial charge in [0.1, 0.15) is 0 Å². The van der Waals surface area contributed by atoms with Crippen LogP contribution in [0.4, 0.5) is 4.79 Å². The molecule has 1 aromatic heterocycles. The van der Waals surface area contributed by atoms with Gasteiger partial charge in [0, 0.05) is 23.6 Å². The van der Waals surface area contributed by atoms with Gasteiger partial charge >= 0.3 is 6.03 Å². The molecule has 3 N–H and O–H groups in total. The molecule has 2 amide bonds. The average Bonchev–Trinajstić information content (AvgIpc) is 3.28. The summed E-state index contributed by atoms with van der Waals surface area (Å²) in [7, 11) is 0. The number of carbonyl (C=O) groups excluding carboxylic acids is 1. The van der Waals surface area contributed by atoms with Crippen molar-refractivity contribution in [2.24, 2.45) is 0 Å². The number of hydrogen-bond donors (Lipinski definition) is 3. The second-order valence-electron chi connectivity index (χ2n) is 6.34. The van der Waals surface area contributed by atoms with Crippen molar-refractivity contribution in [3.63, 3.8) is 0 Å². The van der Waals surface area contributed by atoms with Crippen molar-refractivity contribution in [2.75, 3.05) is 13.3 Å². The van der Waals surface area contributed by atoms with Gasteiger partial charge in [0.15, 0.2) is 11.5 Å². The summed E-state index contributed by atoms with van der Waals surface area (Å²) in [5.41, 5.74) is 3.29. The summed E-state index contributed by atoms with van der Waals surface area (Å²) < 4.78 is 10.7. The highest BCUT2D eigenvalue weighted by atomic mass is 16.7. The largest absolute Gasteiger partial charge is 0.454 e. The first-order valence-electron chi connectivity index (χ1n) is 8.69. The van der Waals surface area contributed by atoms with Crippen molar-refractivity contribution in [3.8, 4) is 11.5 Å². The number of carbonyl (C=O) groups is 1. The van der Waals surface area contributed by atoms with E-state index in [0.29, 0.717) is 6.54 Å². The van der Waals surface area contributed by atoms with Gasteiger partial charge in [-0.05, 0) is 42.7 Å². The Labute approximate surface area is 151 Å². The third-order valence-corrected chi connectivity index (χ3v) is 4.60. The summed E-state index contributed by atoms with van der Waals surface area (Å²) in [5, 5.41) is 7.07. The third-order valence-electron chi connectivity index (χ3n) is 4.60. The van der Waals surface area contributed by atoms with Crippen LogP contribution in [0.3, 0.4) is 0 Å². The average molecular weight is 351 g/mol. The number of aromatic amines is 1. The number of aromatic nitrogens is 1. The zero-order chi connectivity index (χ0) is 17.9. The van der Waals surface area contributed by atoms with Gasteiger partial charge in [0.2, 0.25) is 6.79 Å². The van der Waals surface area contributed by atoms with Crippen LogP contribution >= 0.6 is 0 Å². The van der Waals surface area contributed by atoms with E-state index in [4.69, 9.17) is 9.47 Å². The number of benzene rings is 2. The summed E-state index contributed by atoms with van der Waals surface area (Å²) in [4.78, 5) is 15.4. The van der Waals surface area contributed by atoms with Gasteiger partial charge in [-0.25, -0.2) is 4.79 Å². The highest BCUT2D eigenvalue weighted by Crippen LogP contribution is 2.34. The Morgan fingerprint density at radius 1 is 1.19 bits per heavy atom. The van der Waals surface area contributed by atoms with Gasteiger partial charge in [-0.15, -0.1) is 0 Å². The molecule has 1 atom stereocenters. The van der Waals surface area contributed by atoms with Crippen LogP contribution in [-0.4, -0.2) is 24.4 Å². The number of hydrogen-bond acceptors (Lipinski definition) is 3. The molecule has 0 fully saturated rings. The lowest BCUT2D eigenvalue weighted by molar-refractivity contribution is 0.174. The second kappa shape index (κ2) is 7.00. The molecule has 0 saturated heterocycles. The Hall–Kier alpha value is -3.15. The number of ether oxygens (including phenoxy) is 2. The van der Waals surface area contributed by atoms with Crippen molar-refractivity contribution in [1.82, 2.24) is 15.6 Å². The summed E-state index contributed by atoms with van der Waals surface area (Å²) >= 11 is 0. The molecule has 134 valence electrons. The Morgan fingerprint density at radius 3 is 2.96 bits per heavy atom. The van der Waals surface area contributed by atoms with Gasteiger partial charge in [-0.3, -0.25) is 0 Å². The van der Waals surface area contributed by atoms with Gasteiger partial charge in [-0.2, -0.15) is 0 Å². The number of rotatable bonds is 5. The predicted octanol–water partition coefficient (Wildman–Crippen LogP) is 3.50. The van der Waals surface area contributed by atoms with E-state index in [1.165, 1.54) is 10.9 Å². The smallest absolute Gasteiger partial charge is 0.315 e. The minimum Gasteiger partial charge on any atom is -0.454 e. The fraction of sp³-hybridized carbons (Fsp3) is 0.250. The van der Waals surface area contributed by atoms with Crippen molar-refractivity contribution in [3.05, 3.63) is 59.8 Å². The van der Waals surface area contributed by atoms with E-state index in [9.17, 15) is 4.79 Å². The quantitative estimate of drug-likeness (QED) is 0.658. The number of fused-ring (bicyclic) bond motifs is 2. The molecule has 0 aliphatic carbocycles. The van der Waals surface area contributed by atoms with Crippen LogP contribution in [-0.2, 0) is 6.42 Å². The zero-order valence-electron chi connectivity index (χ0n) is 14.5. The van der Waals surface area contributed by atoms with Crippen molar-refractivity contribution in [2.45, 2.75) is 19.4 Å². The summed E-state index contributed by atoms with van der Waals surface area (Å²) in [5.74, 6) is 1.46. The lowest BCUT2D eigenvalue weighted by atomic mass is 10.1. The molecule has 0 bridgehead atoms. The topological polar surface area (TPSA) is 75.4 Å². The van der Waals surface area contributed by atoms with Crippen LogP contribution in [0, 0.1) is 0 Å². The van der Waals surface area contributed by atoms with Crippen LogP contribution in [0.15, 0.2) is 48.7 Å². The molecule has 4 rings (SSSR count). The van der Waals surface area contributed by atoms with Crippen LogP contribution in [0.2, 0.25) is 0 Å². The standard InChI is InChI=1S/C20H21N3O3/c1-13(14-6-7-18-19(10-14)26-12-25-18)23-20(24)21-9-8-15-11-22-17-5-3-2-4-16(15)17/h2-7,10-11,13,22H,8-9,12H2,1H3,(H2,21,23,24). The summed E-state index contributed by atoms with van der Waals surface area (Å²) in [6.45, 7) is 2.76. The molecular formula is C20H21N3O3. The highest BCUT2D eigenvalue weighted by Gasteiger charge is 2.16. The maximum Gasteiger partial charge on any atom is 0.315 e. The van der Waals surface area contributed by atoms with Crippen LogP contribution < -0.4 is 20.1 Å². The molecular weight excluding hydrogens is 330 g/mol. The number of nitrogens with one attached hydrogen (secondary N) is 3. The van der Waals surface area contributed by atoms with Crippen molar-refractivity contribution in [1.29, 1.82) is 0 Å². The normalized spacial score (nSPS) is 13.6. The molecule has 0 saturated carbocycles. The van der Waals surface area contributed by atoms with Gasteiger partial charge in [0.05, 0.1) is 6.04 Å². The third kappa shape index (κ3) is 3.31. The van der Waals surface area contributed by atoms with E-state index in [0.717, 1.165) is 29.0 Å². The molecule has 1 aliphatic rings. The van der Waals surface area contributed by atoms with Crippen LogP contribution in [0.1, 0.15) is 24.1 Å². The number of para-hydroxylation sites is 1. The maximum atomic E-state index is 12.2. The molecule has 1 aliphatic heterocycles. The molecule has 2 heterocycles. The molecule has 2 aromatic carbocycles. The van der Waals surface area contributed by atoms with E-state index in [-0.39, 0.29) is 18.9 Å². The highest BCUT2D eigenvalue weighted by molar-refractivity contribution is 5.83. The summed E-state index contributed by atoms with van der Waals surface area (Å²) in [6.07, 6.45) is 2.77. The van der Waals surface area contributed by atoms with Gasteiger partial charge in [0.25, 0.3) is 0 Å².